The average Bonchev–Trinajstić information content (AvgIpc) is 2.42. The lowest BCUT2D eigenvalue weighted by Crippen LogP contribution is -1.96. The van der Waals surface area contributed by atoms with Crippen LogP contribution in [0.3, 0.4) is 0 Å². The van der Waals surface area contributed by atoms with Gasteiger partial charge in [-0.1, -0.05) is 62.4 Å². The maximum Gasteiger partial charge on any atom is 0.119 e. The second-order valence-corrected chi connectivity index (χ2v) is 6.22. The monoisotopic (exact) mass is 280 g/mol. The Morgan fingerprint density at radius 1 is 1.05 bits per heavy atom. The molecule has 0 saturated heterocycles. The highest BCUT2D eigenvalue weighted by molar-refractivity contribution is 5.61. The van der Waals surface area contributed by atoms with Crippen molar-refractivity contribution in [3.63, 3.8) is 0 Å². The SMILES string of the molecule is C=C(C)c1ccc(Cc2ccc(CC(C)C)c(O)c2)cc1. The molecule has 0 bridgehead atoms. The van der Waals surface area contributed by atoms with Crippen molar-refractivity contribution >= 4 is 5.57 Å². The molecular formula is C20H24O. The van der Waals surface area contributed by atoms with Crippen molar-refractivity contribution in [2.45, 2.75) is 33.6 Å². The van der Waals surface area contributed by atoms with E-state index in [0.29, 0.717) is 11.7 Å². The van der Waals surface area contributed by atoms with Gasteiger partial charge in [0, 0.05) is 0 Å². The molecule has 0 heterocycles. The molecule has 2 aromatic carbocycles. The summed E-state index contributed by atoms with van der Waals surface area (Å²) in [6, 6.07) is 14.5. The lowest BCUT2D eigenvalue weighted by atomic mass is 9.97. The minimum Gasteiger partial charge on any atom is -0.508 e. The third-order valence-electron chi connectivity index (χ3n) is 3.63. The van der Waals surface area contributed by atoms with E-state index in [2.05, 4.69) is 50.8 Å². The Balaban J connectivity index is 2.12. The smallest absolute Gasteiger partial charge is 0.119 e. The lowest BCUT2D eigenvalue weighted by Gasteiger charge is -2.10. The summed E-state index contributed by atoms with van der Waals surface area (Å²) in [5.74, 6) is 0.969. The summed E-state index contributed by atoms with van der Waals surface area (Å²) in [7, 11) is 0. The van der Waals surface area contributed by atoms with Crippen molar-refractivity contribution in [2.75, 3.05) is 0 Å². The first-order chi connectivity index (χ1) is 9.95. The number of phenolic OH excluding ortho intramolecular Hbond substituents is 1. The van der Waals surface area contributed by atoms with Gasteiger partial charge in [0.1, 0.15) is 5.75 Å². The van der Waals surface area contributed by atoms with Crippen LogP contribution in [0.25, 0.3) is 5.57 Å². The molecule has 0 saturated carbocycles. The van der Waals surface area contributed by atoms with E-state index >= 15 is 0 Å². The Morgan fingerprint density at radius 2 is 1.67 bits per heavy atom. The summed E-state index contributed by atoms with van der Waals surface area (Å²) in [6.45, 7) is 10.3. The van der Waals surface area contributed by atoms with Gasteiger partial charge in [0.2, 0.25) is 0 Å². The molecule has 0 aromatic heterocycles. The van der Waals surface area contributed by atoms with Crippen LogP contribution in [-0.2, 0) is 12.8 Å². The molecule has 0 radical (unpaired) electrons. The first kappa shape index (κ1) is 15.4. The zero-order valence-corrected chi connectivity index (χ0v) is 13.2. The lowest BCUT2D eigenvalue weighted by molar-refractivity contribution is 0.462. The number of aromatic hydroxyl groups is 1. The van der Waals surface area contributed by atoms with Gasteiger partial charge in [-0.2, -0.15) is 0 Å². The predicted molar refractivity (Wildman–Crippen MR) is 90.6 cm³/mol. The third kappa shape index (κ3) is 4.22. The molecule has 110 valence electrons. The summed E-state index contributed by atoms with van der Waals surface area (Å²) in [5, 5.41) is 10.1. The van der Waals surface area contributed by atoms with Crippen LogP contribution in [0.2, 0.25) is 0 Å². The number of benzene rings is 2. The molecule has 1 nitrogen and oxygen atoms in total. The van der Waals surface area contributed by atoms with Crippen LogP contribution >= 0.6 is 0 Å². The Hall–Kier alpha value is -2.02. The number of allylic oxidation sites excluding steroid dienone is 1. The molecule has 1 heteroatoms. The van der Waals surface area contributed by atoms with Crippen LogP contribution in [0, 0.1) is 5.92 Å². The minimum atomic E-state index is 0.416. The van der Waals surface area contributed by atoms with E-state index < -0.39 is 0 Å². The van der Waals surface area contributed by atoms with Gasteiger partial charge in [0.15, 0.2) is 0 Å². The summed E-state index contributed by atoms with van der Waals surface area (Å²) in [4.78, 5) is 0. The van der Waals surface area contributed by atoms with E-state index in [9.17, 15) is 5.11 Å². The summed E-state index contributed by atoms with van der Waals surface area (Å²) in [5.41, 5.74) is 5.68. The Bertz CT molecular complexity index is 621. The molecule has 0 aliphatic heterocycles. The van der Waals surface area contributed by atoms with Gasteiger partial charge in [-0.15, -0.1) is 0 Å². The molecule has 2 aromatic rings. The molecule has 0 atom stereocenters. The van der Waals surface area contributed by atoms with Gasteiger partial charge < -0.3 is 5.11 Å². The summed E-state index contributed by atoms with van der Waals surface area (Å²) >= 11 is 0. The Kier molecular flexibility index (Phi) is 4.85. The average molecular weight is 280 g/mol. The van der Waals surface area contributed by atoms with Gasteiger partial charge in [0.25, 0.3) is 0 Å². The van der Waals surface area contributed by atoms with Crippen molar-refractivity contribution in [3.05, 3.63) is 71.3 Å². The zero-order chi connectivity index (χ0) is 15.4. The second-order valence-electron chi connectivity index (χ2n) is 6.22. The first-order valence-electron chi connectivity index (χ1n) is 7.51. The normalized spacial score (nSPS) is 10.9. The predicted octanol–water partition coefficient (Wildman–Crippen LogP) is 5.21. The van der Waals surface area contributed by atoms with Gasteiger partial charge in [-0.25, -0.2) is 0 Å². The minimum absolute atomic E-state index is 0.416. The quantitative estimate of drug-likeness (QED) is 0.796. The van der Waals surface area contributed by atoms with Crippen molar-refractivity contribution in [2.24, 2.45) is 5.92 Å². The zero-order valence-electron chi connectivity index (χ0n) is 13.2. The van der Waals surface area contributed by atoms with Crippen LogP contribution in [0.5, 0.6) is 5.75 Å². The highest BCUT2D eigenvalue weighted by Gasteiger charge is 2.06. The van der Waals surface area contributed by atoms with Crippen LogP contribution < -0.4 is 0 Å². The highest BCUT2D eigenvalue weighted by Crippen LogP contribution is 2.23. The van der Waals surface area contributed by atoms with Crippen LogP contribution in [0.4, 0.5) is 0 Å². The van der Waals surface area contributed by atoms with Gasteiger partial charge in [0.05, 0.1) is 0 Å². The molecule has 0 fully saturated rings. The van der Waals surface area contributed by atoms with Crippen molar-refractivity contribution < 1.29 is 5.11 Å². The Labute approximate surface area is 128 Å². The van der Waals surface area contributed by atoms with E-state index in [1.54, 1.807) is 0 Å². The number of phenols is 1. The van der Waals surface area contributed by atoms with Crippen molar-refractivity contribution in [3.8, 4) is 5.75 Å². The molecule has 1 N–H and O–H groups in total. The fourth-order valence-corrected chi connectivity index (χ4v) is 2.47. The fourth-order valence-electron chi connectivity index (χ4n) is 2.47. The van der Waals surface area contributed by atoms with Crippen molar-refractivity contribution in [1.82, 2.24) is 0 Å². The maximum absolute atomic E-state index is 10.1. The third-order valence-corrected chi connectivity index (χ3v) is 3.63. The second kappa shape index (κ2) is 6.62. The molecule has 0 aliphatic carbocycles. The highest BCUT2D eigenvalue weighted by atomic mass is 16.3. The number of hydrogen-bond acceptors (Lipinski definition) is 1. The summed E-state index contributed by atoms with van der Waals surface area (Å²) in [6.07, 6.45) is 1.76. The van der Waals surface area contributed by atoms with Crippen LogP contribution in [0.15, 0.2) is 49.0 Å². The number of hydrogen-bond donors (Lipinski definition) is 1. The molecule has 0 amide bonds. The maximum atomic E-state index is 10.1. The van der Waals surface area contributed by atoms with E-state index in [1.807, 2.05) is 19.1 Å². The van der Waals surface area contributed by atoms with Gasteiger partial charge in [-0.3, -0.25) is 0 Å². The van der Waals surface area contributed by atoms with Gasteiger partial charge >= 0.3 is 0 Å². The van der Waals surface area contributed by atoms with E-state index in [-0.39, 0.29) is 0 Å². The van der Waals surface area contributed by atoms with E-state index in [0.717, 1.165) is 29.5 Å². The molecule has 0 unspecified atom stereocenters. The molecule has 2 rings (SSSR count). The number of rotatable bonds is 5. The Morgan fingerprint density at radius 3 is 2.19 bits per heavy atom. The molecule has 21 heavy (non-hydrogen) atoms. The standard InChI is InChI=1S/C20H24O/c1-14(2)11-19-10-7-17(13-20(19)21)12-16-5-8-18(9-6-16)15(3)4/h5-10,13-14,21H,3,11-12H2,1-2,4H3. The fraction of sp³-hybridized carbons (Fsp3) is 0.300. The van der Waals surface area contributed by atoms with Crippen molar-refractivity contribution in [1.29, 1.82) is 0 Å². The van der Waals surface area contributed by atoms with Gasteiger partial charge in [-0.05, 0) is 54.0 Å². The molecule has 0 aliphatic rings. The largest absolute Gasteiger partial charge is 0.508 e. The topological polar surface area (TPSA) is 20.2 Å². The molecular weight excluding hydrogens is 256 g/mol. The van der Waals surface area contributed by atoms with E-state index in [1.165, 1.54) is 11.1 Å². The van der Waals surface area contributed by atoms with Crippen LogP contribution in [-0.4, -0.2) is 5.11 Å². The molecule has 0 spiro atoms. The summed E-state index contributed by atoms with van der Waals surface area (Å²) < 4.78 is 0. The van der Waals surface area contributed by atoms with E-state index in [4.69, 9.17) is 0 Å². The van der Waals surface area contributed by atoms with Crippen LogP contribution in [0.1, 0.15) is 43.0 Å². The first-order valence-corrected chi connectivity index (χ1v) is 7.51.